The number of ether oxygens (including phenoxy) is 1. The Balaban J connectivity index is 1.44. The van der Waals surface area contributed by atoms with Gasteiger partial charge in [0.25, 0.3) is 5.91 Å². The van der Waals surface area contributed by atoms with Crippen molar-refractivity contribution in [3.05, 3.63) is 94.4 Å². The largest absolute Gasteiger partial charge is 0.489 e. The molecule has 0 radical (unpaired) electrons. The molecule has 4 heteroatoms. The van der Waals surface area contributed by atoms with Gasteiger partial charge in [0.15, 0.2) is 0 Å². The number of fused-ring (bicyclic) bond motifs is 1. The molecule has 0 saturated carbocycles. The Morgan fingerprint density at radius 2 is 1.70 bits per heavy atom. The van der Waals surface area contributed by atoms with Crippen LogP contribution in [0.15, 0.2) is 82.6 Å². The normalized spacial score (nSPS) is 14.6. The number of hydrogen-bond donors (Lipinski definition) is 1. The lowest BCUT2D eigenvalue weighted by Crippen LogP contribution is -2.17. The first kappa shape index (κ1) is 17.4. The van der Waals surface area contributed by atoms with Gasteiger partial charge in [0.2, 0.25) is 0 Å². The summed E-state index contributed by atoms with van der Waals surface area (Å²) in [6.07, 6.45) is 1.90. The van der Waals surface area contributed by atoms with E-state index in [1.165, 1.54) is 17.3 Å². The topological polar surface area (TPSA) is 38.3 Å². The summed E-state index contributed by atoms with van der Waals surface area (Å²) in [6, 6.07) is 23.9. The van der Waals surface area contributed by atoms with E-state index in [4.69, 9.17) is 4.74 Å². The highest BCUT2D eigenvalue weighted by Gasteiger charge is 2.20. The Bertz CT molecular complexity index is 992. The van der Waals surface area contributed by atoms with Gasteiger partial charge >= 0.3 is 0 Å². The molecule has 3 nitrogen and oxygen atoms in total. The molecule has 1 N–H and O–H groups in total. The zero-order valence-corrected chi connectivity index (χ0v) is 15.8. The first-order valence-electron chi connectivity index (χ1n) is 8.76. The summed E-state index contributed by atoms with van der Waals surface area (Å²) in [4.78, 5) is 14.0. The minimum absolute atomic E-state index is 0.0709. The van der Waals surface area contributed by atoms with Crippen molar-refractivity contribution in [1.82, 2.24) is 0 Å². The van der Waals surface area contributed by atoms with Gasteiger partial charge in [-0.25, -0.2) is 0 Å². The van der Waals surface area contributed by atoms with Crippen LogP contribution in [0.4, 0.5) is 5.69 Å². The minimum Gasteiger partial charge on any atom is -0.489 e. The quantitative estimate of drug-likeness (QED) is 0.600. The zero-order chi connectivity index (χ0) is 18.6. The third kappa shape index (κ3) is 4.23. The second-order valence-corrected chi connectivity index (χ2v) is 7.49. The third-order valence-corrected chi connectivity index (χ3v) is 5.38. The van der Waals surface area contributed by atoms with E-state index in [-0.39, 0.29) is 5.91 Å². The summed E-state index contributed by atoms with van der Waals surface area (Å²) in [5, 5.41) is 2.93. The van der Waals surface area contributed by atoms with Crippen molar-refractivity contribution in [2.75, 3.05) is 5.32 Å². The van der Waals surface area contributed by atoms with Crippen molar-refractivity contribution >= 4 is 29.4 Å². The molecule has 1 amide bonds. The molecule has 0 atom stereocenters. The summed E-state index contributed by atoms with van der Waals surface area (Å²) in [7, 11) is 0. The predicted molar refractivity (Wildman–Crippen MR) is 111 cm³/mol. The van der Waals surface area contributed by atoms with Crippen LogP contribution in [0, 0.1) is 6.92 Å². The number of para-hydroxylation sites is 1. The monoisotopic (exact) mass is 373 g/mol. The van der Waals surface area contributed by atoms with Gasteiger partial charge in [-0.3, -0.25) is 4.79 Å². The fourth-order valence-corrected chi connectivity index (χ4v) is 3.72. The molecule has 0 fully saturated rings. The lowest BCUT2D eigenvalue weighted by Gasteiger charge is -2.18. The van der Waals surface area contributed by atoms with E-state index in [0.29, 0.717) is 11.5 Å². The van der Waals surface area contributed by atoms with Crippen molar-refractivity contribution in [1.29, 1.82) is 0 Å². The van der Waals surface area contributed by atoms with Crippen molar-refractivity contribution < 1.29 is 9.53 Å². The van der Waals surface area contributed by atoms with E-state index in [1.807, 2.05) is 54.6 Å². The van der Waals surface area contributed by atoms with Gasteiger partial charge in [-0.2, -0.15) is 0 Å². The molecule has 0 spiro atoms. The van der Waals surface area contributed by atoms with Gasteiger partial charge in [-0.1, -0.05) is 65.9 Å². The van der Waals surface area contributed by atoms with Crippen LogP contribution in [0.3, 0.4) is 0 Å². The molecular formula is C23H19NO2S. The highest BCUT2D eigenvalue weighted by Crippen LogP contribution is 2.38. The Labute approximate surface area is 163 Å². The van der Waals surface area contributed by atoms with Gasteiger partial charge in [-0.05, 0) is 48.4 Å². The maximum absolute atomic E-state index is 12.3. The fraction of sp³-hybridized carbons (Fsp3) is 0.0870. The molecule has 4 rings (SSSR count). The van der Waals surface area contributed by atoms with Crippen molar-refractivity contribution in [2.45, 2.75) is 18.4 Å². The number of amides is 1. The van der Waals surface area contributed by atoms with Crippen LogP contribution in [-0.4, -0.2) is 5.91 Å². The Morgan fingerprint density at radius 3 is 2.48 bits per heavy atom. The average molecular weight is 373 g/mol. The molecule has 0 aliphatic carbocycles. The Kier molecular flexibility index (Phi) is 4.99. The highest BCUT2D eigenvalue weighted by molar-refractivity contribution is 8.04. The molecule has 3 aromatic rings. The average Bonchev–Trinajstić information content (AvgIpc) is 2.69. The maximum Gasteiger partial charge on any atom is 0.262 e. The Morgan fingerprint density at radius 1 is 0.963 bits per heavy atom. The minimum atomic E-state index is -0.0709. The van der Waals surface area contributed by atoms with E-state index in [2.05, 4.69) is 36.5 Å². The standard InChI is InChI=1S/C23H19NO2S/c1-16-6-8-18(9-7-16)15-26-19-12-10-17(11-13-19)14-22-23(25)24-20-4-2-3-5-21(20)27-22/h2-14H,15H2,1H3,(H,24,25)/b22-14-. The third-order valence-electron chi connectivity index (χ3n) is 4.28. The van der Waals surface area contributed by atoms with Gasteiger partial charge < -0.3 is 10.1 Å². The fourth-order valence-electron chi connectivity index (χ4n) is 2.77. The van der Waals surface area contributed by atoms with E-state index < -0.39 is 0 Å². The molecule has 0 unspecified atom stereocenters. The molecule has 0 aromatic heterocycles. The van der Waals surface area contributed by atoms with E-state index in [9.17, 15) is 4.79 Å². The summed E-state index contributed by atoms with van der Waals surface area (Å²) >= 11 is 1.49. The molecular weight excluding hydrogens is 354 g/mol. The van der Waals surface area contributed by atoms with Gasteiger partial charge in [-0.15, -0.1) is 0 Å². The van der Waals surface area contributed by atoms with E-state index >= 15 is 0 Å². The van der Waals surface area contributed by atoms with Crippen molar-refractivity contribution in [2.24, 2.45) is 0 Å². The first-order chi connectivity index (χ1) is 13.2. The molecule has 1 heterocycles. The van der Waals surface area contributed by atoms with E-state index in [0.717, 1.165) is 27.5 Å². The lowest BCUT2D eigenvalue weighted by atomic mass is 10.1. The lowest BCUT2D eigenvalue weighted by molar-refractivity contribution is -0.112. The molecule has 0 saturated heterocycles. The van der Waals surface area contributed by atoms with Crippen LogP contribution in [0.1, 0.15) is 16.7 Å². The summed E-state index contributed by atoms with van der Waals surface area (Å²) in [6.45, 7) is 2.61. The van der Waals surface area contributed by atoms with Crippen LogP contribution in [0.5, 0.6) is 5.75 Å². The van der Waals surface area contributed by atoms with Crippen LogP contribution >= 0.6 is 11.8 Å². The number of carbonyl (C=O) groups excluding carboxylic acids is 1. The highest BCUT2D eigenvalue weighted by atomic mass is 32.2. The van der Waals surface area contributed by atoms with Crippen molar-refractivity contribution in [3.8, 4) is 5.75 Å². The number of anilines is 1. The Hall–Kier alpha value is -2.98. The van der Waals surface area contributed by atoms with Crippen molar-refractivity contribution in [3.63, 3.8) is 0 Å². The van der Waals surface area contributed by atoms with Gasteiger partial charge in [0, 0.05) is 4.90 Å². The molecule has 0 bridgehead atoms. The maximum atomic E-state index is 12.3. The van der Waals surface area contributed by atoms with Gasteiger partial charge in [0.1, 0.15) is 12.4 Å². The number of rotatable bonds is 4. The second-order valence-electron chi connectivity index (χ2n) is 6.40. The predicted octanol–water partition coefficient (Wildman–Crippen LogP) is 5.66. The summed E-state index contributed by atoms with van der Waals surface area (Å²) in [5.74, 6) is 0.738. The summed E-state index contributed by atoms with van der Waals surface area (Å²) in [5.41, 5.74) is 4.21. The molecule has 27 heavy (non-hydrogen) atoms. The number of thioether (sulfide) groups is 1. The van der Waals surface area contributed by atoms with Gasteiger partial charge in [0.05, 0.1) is 10.6 Å². The summed E-state index contributed by atoms with van der Waals surface area (Å²) < 4.78 is 5.84. The van der Waals surface area contributed by atoms with Crippen LogP contribution in [-0.2, 0) is 11.4 Å². The number of benzene rings is 3. The second kappa shape index (κ2) is 7.72. The molecule has 1 aliphatic rings. The molecule has 3 aromatic carbocycles. The SMILES string of the molecule is Cc1ccc(COc2ccc(/C=C3\Sc4ccccc4NC3=O)cc2)cc1. The van der Waals surface area contributed by atoms with E-state index in [1.54, 1.807) is 0 Å². The van der Waals surface area contributed by atoms with Crippen LogP contribution in [0.2, 0.25) is 0 Å². The number of nitrogens with one attached hydrogen (secondary N) is 1. The van der Waals surface area contributed by atoms with Crippen LogP contribution in [0.25, 0.3) is 6.08 Å². The molecule has 1 aliphatic heterocycles. The number of carbonyl (C=O) groups is 1. The van der Waals surface area contributed by atoms with Crippen LogP contribution < -0.4 is 10.1 Å². The molecule has 134 valence electrons. The smallest absolute Gasteiger partial charge is 0.262 e. The zero-order valence-electron chi connectivity index (χ0n) is 14.9. The number of aryl methyl sites for hydroxylation is 1. The first-order valence-corrected chi connectivity index (χ1v) is 9.57. The number of hydrogen-bond acceptors (Lipinski definition) is 3.